The summed E-state index contributed by atoms with van der Waals surface area (Å²) in [4.78, 5) is 10.7. The van der Waals surface area contributed by atoms with E-state index in [9.17, 15) is 0 Å². The Morgan fingerprint density at radius 2 is 2.44 bits per heavy atom. The van der Waals surface area contributed by atoms with Crippen LogP contribution in [0.15, 0.2) is 12.5 Å². The highest BCUT2D eigenvalue weighted by Crippen LogP contribution is 2.25. The Kier molecular flexibility index (Phi) is 3.96. The van der Waals surface area contributed by atoms with Crippen molar-refractivity contribution in [1.82, 2.24) is 9.97 Å². The molecule has 4 nitrogen and oxygen atoms in total. The van der Waals surface area contributed by atoms with Gasteiger partial charge in [0, 0.05) is 25.3 Å². The van der Waals surface area contributed by atoms with Crippen LogP contribution in [-0.4, -0.2) is 29.1 Å². The number of halogens is 1. The van der Waals surface area contributed by atoms with E-state index in [0.29, 0.717) is 12.0 Å². The van der Waals surface area contributed by atoms with E-state index in [2.05, 4.69) is 44.4 Å². The Bertz CT molecular complexity index is 358. The number of nitrogens with zero attached hydrogens (tertiary/aromatic N) is 3. The molecule has 0 aromatic carbocycles. The standard InChI is InChI=1S/C11H17IN4/c1-2-8-6-16(4-3-10(8)13)11-9(12)5-14-7-15-11/h5,7-8,10H,2-4,6,13H2,1H3. The molecule has 0 amide bonds. The number of hydrogen-bond acceptors (Lipinski definition) is 4. The fraction of sp³-hybridized carbons (Fsp3) is 0.636. The molecule has 5 heteroatoms. The lowest BCUT2D eigenvalue weighted by Crippen LogP contribution is -2.47. The molecule has 1 aromatic heterocycles. The van der Waals surface area contributed by atoms with E-state index < -0.39 is 0 Å². The average Bonchev–Trinajstić information content (AvgIpc) is 2.31. The van der Waals surface area contributed by atoms with Crippen LogP contribution < -0.4 is 10.6 Å². The summed E-state index contributed by atoms with van der Waals surface area (Å²) in [6.07, 6.45) is 5.67. The fourth-order valence-corrected chi connectivity index (χ4v) is 2.85. The zero-order chi connectivity index (χ0) is 11.5. The minimum absolute atomic E-state index is 0.348. The minimum atomic E-state index is 0.348. The molecule has 88 valence electrons. The van der Waals surface area contributed by atoms with Crippen molar-refractivity contribution in [2.24, 2.45) is 11.7 Å². The van der Waals surface area contributed by atoms with Gasteiger partial charge >= 0.3 is 0 Å². The largest absolute Gasteiger partial charge is 0.355 e. The van der Waals surface area contributed by atoms with Crippen LogP contribution in [0.25, 0.3) is 0 Å². The first-order chi connectivity index (χ1) is 7.72. The van der Waals surface area contributed by atoms with Gasteiger partial charge in [0.1, 0.15) is 12.1 Å². The number of aromatic nitrogens is 2. The summed E-state index contributed by atoms with van der Waals surface area (Å²) in [6, 6.07) is 0.348. The maximum Gasteiger partial charge on any atom is 0.145 e. The van der Waals surface area contributed by atoms with Crippen LogP contribution >= 0.6 is 22.6 Å². The van der Waals surface area contributed by atoms with Crippen molar-refractivity contribution in [2.75, 3.05) is 18.0 Å². The highest BCUT2D eigenvalue weighted by Gasteiger charge is 2.26. The maximum atomic E-state index is 6.11. The molecule has 0 saturated carbocycles. The maximum absolute atomic E-state index is 6.11. The SMILES string of the molecule is CCC1CN(c2ncncc2I)CCC1N. The Hall–Kier alpha value is -0.430. The van der Waals surface area contributed by atoms with E-state index >= 15 is 0 Å². The van der Waals surface area contributed by atoms with Crippen LogP contribution in [0.1, 0.15) is 19.8 Å². The van der Waals surface area contributed by atoms with Crippen LogP contribution in [0.5, 0.6) is 0 Å². The molecule has 1 aromatic rings. The third kappa shape index (κ3) is 2.45. The smallest absolute Gasteiger partial charge is 0.145 e. The Morgan fingerprint density at radius 3 is 3.12 bits per heavy atom. The molecule has 16 heavy (non-hydrogen) atoms. The number of piperidine rings is 1. The van der Waals surface area contributed by atoms with Crippen LogP contribution in [-0.2, 0) is 0 Å². The van der Waals surface area contributed by atoms with Gasteiger partial charge in [0.25, 0.3) is 0 Å². The van der Waals surface area contributed by atoms with Crippen molar-refractivity contribution in [3.63, 3.8) is 0 Å². The molecule has 1 saturated heterocycles. The summed E-state index contributed by atoms with van der Waals surface area (Å²) in [7, 11) is 0. The summed E-state index contributed by atoms with van der Waals surface area (Å²) in [5.74, 6) is 1.64. The summed E-state index contributed by atoms with van der Waals surface area (Å²) in [5, 5.41) is 0. The topological polar surface area (TPSA) is 55.0 Å². The molecule has 2 rings (SSSR count). The zero-order valence-electron chi connectivity index (χ0n) is 9.43. The second-order valence-corrected chi connectivity index (χ2v) is 5.42. The first-order valence-electron chi connectivity index (χ1n) is 5.68. The lowest BCUT2D eigenvalue weighted by molar-refractivity contribution is 0.346. The van der Waals surface area contributed by atoms with Gasteiger partial charge in [-0.2, -0.15) is 0 Å². The predicted molar refractivity (Wildman–Crippen MR) is 73.3 cm³/mol. The average molecular weight is 332 g/mol. The van der Waals surface area contributed by atoms with Gasteiger partial charge in [0.2, 0.25) is 0 Å². The van der Waals surface area contributed by atoms with Gasteiger partial charge < -0.3 is 10.6 Å². The molecule has 2 unspecified atom stereocenters. The quantitative estimate of drug-likeness (QED) is 0.837. The molecule has 1 aliphatic heterocycles. The molecule has 2 atom stereocenters. The summed E-state index contributed by atoms with van der Waals surface area (Å²) in [6.45, 7) is 4.23. The van der Waals surface area contributed by atoms with Crippen molar-refractivity contribution in [1.29, 1.82) is 0 Å². The van der Waals surface area contributed by atoms with Gasteiger partial charge in [-0.3, -0.25) is 0 Å². The van der Waals surface area contributed by atoms with E-state index in [0.717, 1.165) is 35.3 Å². The second-order valence-electron chi connectivity index (χ2n) is 4.26. The molecule has 1 aliphatic rings. The Balaban J connectivity index is 2.14. The van der Waals surface area contributed by atoms with Crippen molar-refractivity contribution < 1.29 is 0 Å². The van der Waals surface area contributed by atoms with Crippen molar-refractivity contribution in [2.45, 2.75) is 25.8 Å². The van der Waals surface area contributed by atoms with Crippen molar-refractivity contribution in [3.05, 3.63) is 16.1 Å². The van der Waals surface area contributed by atoms with E-state index in [1.54, 1.807) is 6.33 Å². The van der Waals surface area contributed by atoms with Crippen LogP contribution in [0.2, 0.25) is 0 Å². The highest BCUT2D eigenvalue weighted by atomic mass is 127. The second kappa shape index (κ2) is 5.27. The summed E-state index contributed by atoms with van der Waals surface area (Å²) in [5.41, 5.74) is 6.11. The van der Waals surface area contributed by atoms with Gasteiger partial charge in [0.05, 0.1) is 3.57 Å². The minimum Gasteiger partial charge on any atom is -0.355 e. The Labute approximate surface area is 110 Å². The highest BCUT2D eigenvalue weighted by molar-refractivity contribution is 14.1. The van der Waals surface area contributed by atoms with Gasteiger partial charge in [-0.05, 0) is 34.9 Å². The van der Waals surface area contributed by atoms with Gasteiger partial charge in [-0.25, -0.2) is 9.97 Å². The molecule has 1 fully saturated rings. The molecule has 2 N–H and O–H groups in total. The van der Waals surface area contributed by atoms with Gasteiger partial charge in [0.15, 0.2) is 0 Å². The summed E-state index contributed by atoms with van der Waals surface area (Å²) >= 11 is 2.29. The van der Waals surface area contributed by atoms with Crippen molar-refractivity contribution >= 4 is 28.4 Å². The van der Waals surface area contributed by atoms with Crippen molar-refractivity contribution in [3.8, 4) is 0 Å². The lowest BCUT2D eigenvalue weighted by atomic mass is 9.91. The fourth-order valence-electron chi connectivity index (χ4n) is 2.21. The molecular formula is C11H17IN4. The molecule has 0 aliphatic carbocycles. The van der Waals surface area contributed by atoms with E-state index in [1.165, 1.54) is 0 Å². The number of rotatable bonds is 2. The van der Waals surface area contributed by atoms with Crippen LogP contribution in [0.4, 0.5) is 5.82 Å². The zero-order valence-corrected chi connectivity index (χ0v) is 11.6. The lowest BCUT2D eigenvalue weighted by Gasteiger charge is -2.37. The van der Waals surface area contributed by atoms with Gasteiger partial charge in [-0.15, -0.1) is 0 Å². The van der Waals surface area contributed by atoms with E-state index in [1.807, 2.05) is 6.20 Å². The third-order valence-electron chi connectivity index (χ3n) is 3.26. The number of hydrogen-bond donors (Lipinski definition) is 1. The molecule has 0 radical (unpaired) electrons. The first-order valence-corrected chi connectivity index (χ1v) is 6.76. The van der Waals surface area contributed by atoms with E-state index in [-0.39, 0.29) is 0 Å². The Morgan fingerprint density at radius 1 is 1.62 bits per heavy atom. The van der Waals surface area contributed by atoms with Crippen LogP contribution in [0.3, 0.4) is 0 Å². The number of anilines is 1. The molecule has 0 bridgehead atoms. The predicted octanol–water partition coefficient (Wildman–Crippen LogP) is 1.64. The van der Waals surface area contributed by atoms with Gasteiger partial charge in [-0.1, -0.05) is 13.3 Å². The monoisotopic (exact) mass is 332 g/mol. The third-order valence-corrected chi connectivity index (χ3v) is 4.03. The molecule has 2 heterocycles. The summed E-state index contributed by atoms with van der Waals surface area (Å²) < 4.78 is 1.12. The number of nitrogens with two attached hydrogens (primary N) is 1. The molecular weight excluding hydrogens is 315 g/mol. The normalized spacial score (nSPS) is 25.8. The first kappa shape index (κ1) is 12.0. The van der Waals surface area contributed by atoms with E-state index in [4.69, 9.17) is 5.73 Å². The van der Waals surface area contributed by atoms with Crippen LogP contribution in [0, 0.1) is 9.49 Å². The molecule has 0 spiro atoms.